The van der Waals surface area contributed by atoms with Gasteiger partial charge in [0.15, 0.2) is 0 Å². The zero-order chi connectivity index (χ0) is 11.1. The van der Waals surface area contributed by atoms with Gasteiger partial charge >= 0.3 is 0 Å². The topological polar surface area (TPSA) is 42.4 Å². The molecule has 0 atom stereocenters. The number of nitrogens with zero attached hydrogens (tertiary/aromatic N) is 1. The molecular weight excluding hydrogens is 190 g/mol. The molecule has 0 aliphatic rings. The largest absolute Gasteiger partial charge is 0.493 e. The second-order valence-electron chi connectivity index (χ2n) is 3.65. The zero-order valence-electron chi connectivity index (χ0n) is 9.49. The minimum absolute atomic E-state index is 0.0175. The summed E-state index contributed by atoms with van der Waals surface area (Å²) in [7, 11) is 0. The van der Waals surface area contributed by atoms with Gasteiger partial charge < -0.3 is 9.84 Å². The fraction of sp³-hybridized carbons (Fsp3) is 0.583. The highest BCUT2D eigenvalue weighted by Crippen LogP contribution is 2.18. The van der Waals surface area contributed by atoms with Crippen molar-refractivity contribution in [2.24, 2.45) is 0 Å². The second kappa shape index (κ2) is 6.40. The number of ether oxygens (including phenoxy) is 1. The Hall–Kier alpha value is -1.09. The Morgan fingerprint density at radius 3 is 2.87 bits per heavy atom. The summed E-state index contributed by atoms with van der Waals surface area (Å²) in [6.45, 7) is 4.77. The highest BCUT2D eigenvalue weighted by atomic mass is 16.5. The quantitative estimate of drug-likeness (QED) is 0.732. The number of aliphatic hydroxyl groups excluding tert-OH is 1. The van der Waals surface area contributed by atoms with Gasteiger partial charge in [-0.05, 0) is 13.3 Å². The fourth-order valence-electron chi connectivity index (χ4n) is 1.35. The number of hydrogen-bond acceptors (Lipinski definition) is 3. The van der Waals surface area contributed by atoms with Crippen molar-refractivity contribution in [3.63, 3.8) is 0 Å². The van der Waals surface area contributed by atoms with E-state index >= 15 is 0 Å². The van der Waals surface area contributed by atoms with Gasteiger partial charge in [0.25, 0.3) is 0 Å². The SMILES string of the molecule is CCCCCOc1cc(C)ncc1CO. The highest BCUT2D eigenvalue weighted by Gasteiger charge is 2.03. The number of aromatic nitrogens is 1. The molecule has 15 heavy (non-hydrogen) atoms. The zero-order valence-corrected chi connectivity index (χ0v) is 9.49. The molecule has 1 aromatic heterocycles. The molecule has 1 rings (SSSR count). The van der Waals surface area contributed by atoms with Crippen LogP contribution in [0.25, 0.3) is 0 Å². The maximum absolute atomic E-state index is 9.09. The van der Waals surface area contributed by atoms with Gasteiger partial charge in [-0.2, -0.15) is 0 Å². The Bertz CT molecular complexity index is 300. The molecule has 0 unspecified atom stereocenters. The van der Waals surface area contributed by atoms with Crippen molar-refractivity contribution in [3.8, 4) is 5.75 Å². The second-order valence-corrected chi connectivity index (χ2v) is 3.65. The van der Waals surface area contributed by atoms with E-state index in [1.165, 1.54) is 12.8 Å². The van der Waals surface area contributed by atoms with Crippen LogP contribution in [0.1, 0.15) is 37.4 Å². The van der Waals surface area contributed by atoms with E-state index < -0.39 is 0 Å². The molecule has 1 heterocycles. The number of rotatable bonds is 6. The molecule has 0 spiro atoms. The molecule has 0 aliphatic heterocycles. The maximum Gasteiger partial charge on any atom is 0.128 e. The van der Waals surface area contributed by atoms with Crippen LogP contribution in [0.4, 0.5) is 0 Å². The summed E-state index contributed by atoms with van der Waals surface area (Å²) >= 11 is 0. The monoisotopic (exact) mass is 209 g/mol. The Morgan fingerprint density at radius 1 is 1.40 bits per heavy atom. The van der Waals surface area contributed by atoms with Gasteiger partial charge in [0.1, 0.15) is 5.75 Å². The molecule has 0 amide bonds. The predicted molar refractivity (Wildman–Crippen MR) is 59.9 cm³/mol. The van der Waals surface area contributed by atoms with Crippen molar-refractivity contribution in [1.29, 1.82) is 0 Å². The van der Waals surface area contributed by atoms with Crippen LogP contribution in [-0.2, 0) is 6.61 Å². The Labute approximate surface area is 91.1 Å². The summed E-state index contributed by atoms with van der Waals surface area (Å²) in [6.07, 6.45) is 5.09. The molecule has 1 aromatic rings. The molecule has 0 fully saturated rings. The van der Waals surface area contributed by atoms with Gasteiger partial charge in [-0.15, -0.1) is 0 Å². The first kappa shape index (κ1) is 12.0. The molecule has 3 heteroatoms. The first-order chi connectivity index (χ1) is 7.27. The lowest BCUT2D eigenvalue weighted by atomic mass is 10.2. The molecule has 0 aliphatic carbocycles. The summed E-state index contributed by atoms with van der Waals surface area (Å²) in [5, 5.41) is 9.09. The molecule has 0 saturated heterocycles. The van der Waals surface area contributed by atoms with Crippen LogP contribution in [0.2, 0.25) is 0 Å². The van der Waals surface area contributed by atoms with Gasteiger partial charge in [0.05, 0.1) is 13.2 Å². The van der Waals surface area contributed by atoms with Crippen molar-refractivity contribution in [2.75, 3.05) is 6.61 Å². The number of aryl methyl sites for hydroxylation is 1. The standard InChI is InChI=1S/C12H19NO2/c1-3-4-5-6-15-12-7-10(2)13-8-11(12)9-14/h7-8,14H,3-6,9H2,1-2H3. The third kappa shape index (κ3) is 3.88. The first-order valence-electron chi connectivity index (χ1n) is 5.47. The number of aliphatic hydroxyl groups is 1. The molecule has 0 radical (unpaired) electrons. The summed E-state index contributed by atoms with van der Waals surface area (Å²) in [5.74, 6) is 0.765. The summed E-state index contributed by atoms with van der Waals surface area (Å²) in [4.78, 5) is 4.12. The number of unbranched alkanes of at least 4 members (excludes halogenated alkanes) is 2. The third-order valence-electron chi connectivity index (χ3n) is 2.26. The van der Waals surface area contributed by atoms with E-state index in [4.69, 9.17) is 9.84 Å². The molecule has 3 nitrogen and oxygen atoms in total. The van der Waals surface area contributed by atoms with Crippen LogP contribution < -0.4 is 4.74 Å². The Kier molecular flexibility index (Phi) is 5.12. The van der Waals surface area contributed by atoms with Gasteiger partial charge in [0, 0.05) is 23.5 Å². The highest BCUT2D eigenvalue weighted by molar-refractivity contribution is 5.32. The van der Waals surface area contributed by atoms with Crippen molar-refractivity contribution in [3.05, 3.63) is 23.5 Å². The normalized spacial score (nSPS) is 10.3. The van der Waals surface area contributed by atoms with E-state index in [1.54, 1.807) is 6.20 Å². The molecule has 84 valence electrons. The first-order valence-corrected chi connectivity index (χ1v) is 5.47. The smallest absolute Gasteiger partial charge is 0.128 e. The van der Waals surface area contributed by atoms with Crippen molar-refractivity contribution >= 4 is 0 Å². The summed E-state index contributed by atoms with van der Waals surface area (Å²) in [6, 6.07) is 1.87. The Balaban J connectivity index is 2.54. The lowest BCUT2D eigenvalue weighted by Gasteiger charge is -2.10. The molecule has 0 bridgehead atoms. The molecule has 0 saturated carbocycles. The minimum Gasteiger partial charge on any atom is -0.493 e. The van der Waals surface area contributed by atoms with E-state index in [0.29, 0.717) is 6.61 Å². The van der Waals surface area contributed by atoms with E-state index in [1.807, 2.05) is 13.0 Å². The fourth-order valence-corrected chi connectivity index (χ4v) is 1.35. The summed E-state index contributed by atoms with van der Waals surface area (Å²) < 4.78 is 5.61. The van der Waals surface area contributed by atoms with E-state index in [9.17, 15) is 0 Å². The molecule has 1 N–H and O–H groups in total. The van der Waals surface area contributed by atoms with E-state index in [-0.39, 0.29) is 6.61 Å². The van der Waals surface area contributed by atoms with Gasteiger partial charge in [-0.25, -0.2) is 0 Å². The van der Waals surface area contributed by atoms with Crippen LogP contribution in [0.3, 0.4) is 0 Å². The van der Waals surface area contributed by atoms with Crippen molar-refractivity contribution < 1.29 is 9.84 Å². The van der Waals surface area contributed by atoms with Crippen LogP contribution in [0.5, 0.6) is 5.75 Å². The van der Waals surface area contributed by atoms with Crippen LogP contribution in [0, 0.1) is 6.92 Å². The molecule has 0 aromatic carbocycles. The van der Waals surface area contributed by atoms with Crippen LogP contribution in [-0.4, -0.2) is 16.7 Å². The number of hydrogen-bond donors (Lipinski definition) is 1. The Morgan fingerprint density at radius 2 is 2.20 bits per heavy atom. The van der Waals surface area contributed by atoms with E-state index in [2.05, 4.69) is 11.9 Å². The molecular formula is C12H19NO2. The third-order valence-corrected chi connectivity index (χ3v) is 2.26. The lowest BCUT2D eigenvalue weighted by molar-refractivity contribution is 0.259. The van der Waals surface area contributed by atoms with Gasteiger partial charge in [0.2, 0.25) is 0 Å². The van der Waals surface area contributed by atoms with Crippen LogP contribution >= 0.6 is 0 Å². The predicted octanol–water partition coefficient (Wildman–Crippen LogP) is 2.45. The average molecular weight is 209 g/mol. The van der Waals surface area contributed by atoms with Crippen molar-refractivity contribution in [1.82, 2.24) is 4.98 Å². The van der Waals surface area contributed by atoms with Crippen molar-refractivity contribution in [2.45, 2.75) is 39.7 Å². The average Bonchev–Trinajstić information content (AvgIpc) is 2.25. The lowest BCUT2D eigenvalue weighted by Crippen LogP contribution is -2.01. The van der Waals surface area contributed by atoms with E-state index in [0.717, 1.165) is 23.4 Å². The summed E-state index contributed by atoms with van der Waals surface area (Å²) in [5.41, 5.74) is 1.68. The minimum atomic E-state index is -0.0175. The maximum atomic E-state index is 9.09. The van der Waals surface area contributed by atoms with Gasteiger partial charge in [-0.3, -0.25) is 4.98 Å². The number of pyridine rings is 1. The van der Waals surface area contributed by atoms with Crippen LogP contribution in [0.15, 0.2) is 12.3 Å². The van der Waals surface area contributed by atoms with Gasteiger partial charge in [-0.1, -0.05) is 19.8 Å².